The molecule has 0 aliphatic carbocycles. The van der Waals surface area contributed by atoms with Crippen LogP contribution >= 0.6 is 0 Å². The number of amides is 2. The second-order valence-electron chi connectivity index (χ2n) is 8.24. The lowest BCUT2D eigenvalue weighted by Gasteiger charge is -2.40. The highest BCUT2D eigenvalue weighted by Crippen LogP contribution is 2.36. The van der Waals surface area contributed by atoms with Gasteiger partial charge in [-0.1, -0.05) is 43.0 Å². The number of hydrogen-bond donors (Lipinski definition) is 1. The molecule has 1 fully saturated rings. The third kappa shape index (κ3) is 3.85. The van der Waals surface area contributed by atoms with Crippen molar-refractivity contribution in [1.29, 1.82) is 0 Å². The normalized spacial score (nSPS) is 15.6. The number of piperidine rings is 1. The second kappa shape index (κ2) is 8.38. The fraction of sp³-hybridized carbons (Fsp3) is 0.320. The van der Waals surface area contributed by atoms with Crippen molar-refractivity contribution in [3.63, 3.8) is 0 Å². The van der Waals surface area contributed by atoms with E-state index < -0.39 is 5.41 Å². The minimum Gasteiger partial charge on any atom is -0.348 e. The van der Waals surface area contributed by atoms with E-state index in [1.165, 1.54) is 6.08 Å². The van der Waals surface area contributed by atoms with E-state index in [0.29, 0.717) is 32.5 Å². The van der Waals surface area contributed by atoms with E-state index in [1.807, 2.05) is 48.9 Å². The summed E-state index contributed by atoms with van der Waals surface area (Å²) in [5, 5.41) is 3.14. The highest BCUT2D eigenvalue weighted by atomic mass is 16.2. The van der Waals surface area contributed by atoms with Crippen LogP contribution in [0.1, 0.15) is 29.8 Å². The second-order valence-corrected chi connectivity index (χ2v) is 8.24. The summed E-state index contributed by atoms with van der Waals surface area (Å²) in [5.74, 6) is 0.709. The molecular formula is C25H28N4O2. The SMILES string of the molecule is C=CC(=O)N1CCC(C(=O)NCc2nc3cc(C)ccc3n2C)(c2ccccc2)CC1. The number of carbonyl (C=O) groups excluding carboxylic acids is 2. The Morgan fingerprint density at radius 3 is 2.55 bits per heavy atom. The molecule has 3 aromatic rings. The standard InChI is InChI=1S/C25H28N4O2/c1-4-23(30)29-14-12-25(13-15-29,19-8-6-5-7-9-19)24(31)26-17-22-27-20-16-18(2)10-11-21(20)28(22)3/h4-11,16H,1,12-15,17H2,2-3H3,(H,26,31). The Hall–Kier alpha value is -3.41. The average molecular weight is 417 g/mol. The molecule has 1 aliphatic rings. The minimum atomic E-state index is -0.666. The molecule has 31 heavy (non-hydrogen) atoms. The Balaban J connectivity index is 1.57. The van der Waals surface area contributed by atoms with Crippen molar-refractivity contribution in [2.24, 2.45) is 7.05 Å². The summed E-state index contributed by atoms with van der Waals surface area (Å²) in [6.07, 6.45) is 2.48. The lowest BCUT2D eigenvalue weighted by atomic mass is 9.72. The molecule has 1 aromatic heterocycles. The molecule has 0 unspecified atom stereocenters. The molecule has 1 aliphatic heterocycles. The zero-order chi connectivity index (χ0) is 22.0. The summed E-state index contributed by atoms with van der Waals surface area (Å²) in [6, 6.07) is 16.0. The van der Waals surface area contributed by atoms with Crippen LogP contribution in [0, 0.1) is 6.92 Å². The van der Waals surface area contributed by atoms with Crippen molar-refractivity contribution in [3.05, 3.63) is 78.1 Å². The Bertz CT molecular complexity index is 1130. The summed E-state index contributed by atoms with van der Waals surface area (Å²) in [7, 11) is 1.97. The molecule has 0 saturated carbocycles. The first-order valence-corrected chi connectivity index (χ1v) is 10.6. The smallest absolute Gasteiger partial charge is 0.245 e. The first-order valence-electron chi connectivity index (χ1n) is 10.6. The monoisotopic (exact) mass is 416 g/mol. The Morgan fingerprint density at radius 2 is 1.87 bits per heavy atom. The van der Waals surface area contributed by atoms with E-state index in [0.717, 1.165) is 28.0 Å². The fourth-order valence-electron chi connectivity index (χ4n) is 4.49. The van der Waals surface area contributed by atoms with E-state index in [1.54, 1.807) is 4.90 Å². The van der Waals surface area contributed by atoms with Crippen molar-refractivity contribution in [1.82, 2.24) is 19.8 Å². The quantitative estimate of drug-likeness (QED) is 0.650. The van der Waals surface area contributed by atoms with Crippen LogP contribution in [0.3, 0.4) is 0 Å². The van der Waals surface area contributed by atoms with Gasteiger partial charge >= 0.3 is 0 Å². The lowest BCUT2D eigenvalue weighted by molar-refractivity contribution is -0.134. The van der Waals surface area contributed by atoms with Gasteiger partial charge in [-0.25, -0.2) is 4.98 Å². The van der Waals surface area contributed by atoms with Crippen LogP contribution in [0.2, 0.25) is 0 Å². The fourth-order valence-corrected chi connectivity index (χ4v) is 4.49. The predicted octanol–water partition coefficient (Wildman–Crippen LogP) is 3.24. The van der Waals surface area contributed by atoms with Gasteiger partial charge < -0.3 is 14.8 Å². The van der Waals surface area contributed by atoms with Crippen LogP contribution in [0.15, 0.2) is 61.2 Å². The number of imidazole rings is 1. The molecular weight excluding hydrogens is 388 g/mol. The number of rotatable bonds is 5. The lowest BCUT2D eigenvalue weighted by Crippen LogP contribution is -2.52. The Morgan fingerprint density at radius 1 is 1.16 bits per heavy atom. The molecule has 2 aromatic carbocycles. The van der Waals surface area contributed by atoms with Crippen LogP contribution in [0.25, 0.3) is 11.0 Å². The van der Waals surface area contributed by atoms with Gasteiger partial charge in [-0.05, 0) is 49.1 Å². The van der Waals surface area contributed by atoms with Crippen LogP contribution in [0.4, 0.5) is 0 Å². The molecule has 2 amide bonds. The van der Waals surface area contributed by atoms with Gasteiger partial charge in [0.1, 0.15) is 5.82 Å². The summed E-state index contributed by atoms with van der Waals surface area (Å²) in [4.78, 5) is 32.1. The highest BCUT2D eigenvalue weighted by Gasteiger charge is 2.43. The number of aromatic nitrogens is 2. The maximum Gasteiger partial charge on any atom is 0.245 e. The van der Waals surface area contributed by atoms with Gasteiger partial charge in [0.25, 0.3) is 0 Å². The number of nitrogens with one attached hydrogen (secondary N) is 1. The molecule has 160 valence electrons. The zero-order valence-electron chi connectivity index (χ0n) is 18.1. The Kier molecular flexibility index (Phi) is 5.63. The Labute approximate surface area is 182 Å². The van der Waals surface area contributed by atoms with Crippen molar-refractivity contribution in [3.8, 4) is 0 Å². The molecule has 2 heterocycles. The zero-order valence-corrected chi connectivity index (χ0v) is 18.1. The van der Waals surface area contributed by atoms with Gasteiger partial charge in [-0.3, -0.25) is 9.59 Å². The van der Waals surface area contributed by atoms with E-state index >= 15 is 0 Å². The molecule has 1 saturated heterocycles. The third-order valence-corrected chi connectivity index (χ3v) is 6.40. The molecule has 0 radical (unpaired) electrons. The molecule has 4 rings (SSSR count). The molecule has 1 N–H and O–H groups in total. The van der Waals surface area contributed by atoms with Crippen LogP contribution in [0.5, 0.6) is 0 Å². The highest BCUT2D eigenvalue weighted by molar-refractivity contribution is 5.90. The van der Waals surface area contributed by atoms with Gasteiger partial charge in [-0.15, -0.1) is 0 Å². The average Bonchev–Trinajstić information content (AvgIpc) is 3.12. The van der Waals surface area contributed by atoms with E-state index in [-0.39, 0.29) is 11.8 Å². The number of hydrogen-bond acceptors (Lipinski definition) is 3. The van der Waals surface area contributed by atoms with Crippen molar-refractivity contribution in [2.45, 2.75) is 31.7 Å². The number of likely N-dealkylation sites (tertiary alicyclic amines) is 1. The number of carbonyl (C=O) groups is 2. The van der Waals surface area contributed by atoms with Crippen molar-refractivity contribution < 1.29 is 9.59 Å². The first-order chi connectivity index (χ1) is 14.9. The number of aryl methyl sites for hydroxylation is 2. The third-order valence-electron chi connectivity index (χ3n) is 6.40. The summed E-state index contributed by atoms with van der Waals surface area (Å²) < 4.78 is 2.02. The minimum absolute atomic E-state index is 0.0207. The van der Waals surface area contributed by atoms with Crippen molar-refractivity contribution >= 4 is 22.8 Å². The summed E-state index contributed by atoms with van der Waals surface area (Å²) in [6.45, 7) is 7.03. The van der Waals surface area contributed by atoms with E-state index in [4.69, 9.17) is 4.98 Å². The van der Waals surface area contributed by atoms with Crippen LogP contribution in [-0.4, -0.2) is 39.4 Å². The molecule has 0 bridgehead atoms. The van der Waals surface area contributed by atoms with E-state index in [2.05, 4.69) is 30.1 Å². The molecule has 6 heteroatoms. The van der Waals surface area contributed by atoms with Crippen molar-refractivity contribution in [2.75, 3.05) is 13.1 Å². The van der Waals surface area contributed by atoms with Crippen LogP contribution in [-0.2, 0) is 28.6 Å². The van der Waals surface area contributed by atoms with Gasteiger partial charge in [0.15, 0.2) is 0 Å². The van der Waals surface area contributed by atoms with Gasteiger partial charge in [0, 0.05) is 20.1 Å². The topological polar surface area (TPSA) is 67.2 Å². The number of nitrogens with zero attached hydrogens (tertiary/aromatic N) is 3. The largest absolute Gasteiger partial charge is 0.348 e. The summed E-state index contributed by atoms with van der Waals surface area (Å²) >= 11 is 0. The molecule has 0 atom stereocenters. The van der Waals surface area contributed by atoms with Gasteiger partial charge in [0.05, 0.1) is 23.0 Å². The number of fused-ring (bicyclic) bond motifs is 1. The van der Waals surface area contributed by atoms with E-state index in [9.17, 15) is 9.59 Å². The summed E-state index contributed by atoms with van der Waals surface area (Å²) in [5.41, 5.74) is 3.45. The maximum absolute atomic E-state index is 13.5. The number of benzene rings is 2. The predicted molar refractivity (Wildman–Crippen MR) is 121 cm³/mol. The van der Waals surface area contributed by atoms with Crippen LogP contribution < -0.4 is 5.32 Å². The first kappa shape index (κ1) is 20.8. The van der Waals surface area contributed by atoms with Gasteiger partial charge in [-0.2, -0.15) is 0 Å². The molecule has 6 nitrogen and oxygen atoms in total. The van der Waals surface area contributed by atoms with Gasteiger partial charge in [0.2, 0.25) is 11.8 Å². The maximum atomic E-state index is 13.5. The molecule has 0 spiro atoms.